The van der Waals surface area contributed by atoms with Gasteiger partial charge in [0.25, 0.3) is 0 Å². The maximum absolute atomic E-state index is 13.6. The van der Waals surface area contributed by atoms with Crippen LogP contribution in [0.2, 0.25) is 0 Å². The normalized spacial score (nSPS) is 18.9. The van der Waals surface area contributed by atoms with Gasteiger partial charge in [-0.15, -0.1) is 0 Å². The van der Waals surface area contributed by atoms with Crippen molar-refractivity contribution < 1.29 is 17.6 Å². The number of halogens is 1. The van der Waals surface area contributed by atoms with E-state index in [4.69, 9.17) is 0 Å². The lowest BCUT2D eigenvalue weighted by Crippen LogP contribution is -2.49. The molecule has 1 aromatic carbocycles. The lowest BCUT2D eigenvalue weighted by Gasteiger charge is -2.36. The smallest absolute Gasteiger partial charge is 0.223 e. The van der Waals surface area contributed by atoms with E-state index in [-0.39, 0.29) is 30.7 Å². The van der Waals surface area contributed by atoms with Crippen molar-refractivity contribution in [3.05, 3.63) is 35.6 Å². The number of likely N-dealkylation sites (tertiary alicyclic amines) is 1. The van der Waals surface area contributed by atoms with Crippen molar-refractivity contribution in [2.75, 3.05) is 19.3 Å². The number of carbonyl (C=O) groups is 1. The van der Waals surface area contributed by atoms with Crippen molar-refractivity contribution in [3.63, 3.8) is 0 Å². The SMILES string of the molecule is CS(=O)(=O)NC[C@@H]1CCCCN1C(=O)CCc1ccccc1F. The number of aryl methyl sites for hydroxylation is 1. The van der Waals surface area contributed by atoms with Crippen LogP contribution in [0.1, 0.15) is 31.2 Å². The molecule has 1 aliphatic heterocycles. The summed E-state index contributed by atoms with van der Waals surface area (Å²) in [5.74, 6) is -0.345. The van der Waals surface area contributed by atoms with Crippen LogP contribution in [0.15, 0.2) is 24.3 Å². The number of nitrogens with zero attached hydrogens (tertiary/aromatic N) is 1. The van der Waals surface area contributed by atoms with Gasteiger partial charge in [0.15, 0.2) is 0 Å². The summed E-state index contributed by atoms with van der Waals surface area (Å²) >= 11 is 0. The summed E-state index contributed by atoms with van der Waals surface area (Å²) in [6.45, 7) is 0.872. The zero-order valence-corrected chi connectivity index (χ0v) is 14.1. The molecule has 0 bridgehead atoms. The van der Waals surface area contributed by atoms with Gasteiger partial charge >= 0.3 is 0 Å². The summed E-state index contributed by atoms with van der Waals surface area (Å²) in [6.07, 6.45) is 4.38. The van der Waals surface area contributed by atoms with Crippen molar-refractivity contribution in [1.29, 1.82) is 0 Å². The van der Waals surface area contributed by atoms with Crippen molar-refractivity contribution >= 4 is 15.9 Å². The highest BCUT2D eigenvalue weighted by Gasteiger charge is 2.27. The summed E-state index contributed by atoms with van der Waals surface area (Å²) in [5, 5.41) is 0. The molecule has 0 unspecified atom stereocenters. The van der Waals surface area contributed by atoms with E-state index in [0.29, 0.717) is 18.5 Å². The number of hydrogen-bond acceptors (Lipinski definition) is 3. The van der Waals surface area contributed by atoms with Crippen molar-refractivity contribution in [2.45, 2.75) is 38.1 Å². The molecule has 1 atom stereocenters. The van der Waals surface area contributed by atoms with Crippen LogP contribution in [0, 0.1) is 5.82 Å². The number of nitrogens with one attached hydrogen (secondary N) is 1. The van der Waals surface area contributed by atoms with Gasteiger partial charge in [-0.25, -0.2) is 17.5 Å². The average Bonchev–Trinajstić information content (AvgIpc) is 2.51. The maximum Gasteiger partial charge on any atom is 0.223 e. The molecule has 1 saturated heterocycles. The summed E-state index contributed by atoms with van der Waals surface area (Å²) in [4.78, 5) is 14.2. The van der Waals surface area contributed by atoms with Crippen LogP contribution in [0.3, 0.4) is 0 Å². The molecule has 1 N–H and O–H groups in total. The number of piperidine rings is 1. The van der Waals surface area contributed by atoms with E-state index < -0.39 is 10.0 Å². The lowest BCUT2D eigenvalue weighted by molar-refractivity contribution is -0.134. The largest absolute Gasteiger partial charge is 0.338 e. The van der Waals surface area contributed by atoms with Crippen LogP contribution < -0.4 is 4.72 Å². The highest BCUT2D eigenvalue weighted by molar-refractivity contribution is 7.88. The second kappa shape index (κ2) is 7.88. The van der Waals surface area contributed by atoms with Gasteiger partial charge < -0.3 is 4.90 Å². The summed E-state index contributed by atoms with van der Waals surface area (Å²) < 4.78 is 38.6. The first-order valence-electron chi connectivity index (χ1n) is 7.84. The topological polar surface area (TPSA) is 66.5 Å². The molecule has 0 aromatic heterocycles. The van der Waals surface area contributed by atoms with Crippen LogP contribution in [-0.2, 0) is 21.2 Å². The number of rotatable bonds is 6. The van der Waals surface area contributed by atoms with E-state index in [1.165, 1.54) is 6.07 Å². The number of benzene rings is 1. The fraction of sp³-hybridized carbons (Fsp3) is 0.562. The predicted molar refractivity (Wildman–Crippen MR) is 86.9 cm³/mol. The third kappa shape index (κ3) is 5.58. The molecule has 0 radical (unpaired) electrons. The second-order valence-corrected chi connectivity index (χ2v) is 7.78. The third-order valence-corrected chi connectivity index (χ3v) is 4.79. The van der Waals surface area contributed by atoms with E-state index >= 15 is 0 Å². The molecule has 2 rings (SSSR count). The summed E-state index contributed by atoms with van der Waals surface area (Å²) in [5.41, 5.74) is 0.531. The molecule has 1 aromatic rings. The van der Waals surface area contributed by atoms with E-state index in [9.17, 15) is 17.6 Å². The maximum atomic E-state index is 13.6. The number of carbonyl (C=O) groups excluding carboxylic acids is 1. The molecule has 128 valence electrons. The first-order valence-corrected chi connectivity index (χ1v) is 9.73. The molecule has 0 spiro atoms. The molecular formula is C16H23FN2O3S. The molecule has 0 aliphatic carbocycles. The van der Waals surface area contributed by atoms with Crippen molar-refractivity contribution in [3.8, 4) is 0 Å². The van der Waals surface area contributed by atoms with Crippen LogP contribution in [0.25, 0.3) is 0 Å². The van der Waals surface area contributed by atoms with Gasteiger partial charge in [-0.2, -0.15) is 0 Å². The molecule has 1 fully saturated rings. The zero-order chi connectivity index (χ0) is 16.9. The molecule has 7 heteroatoms. The first kappa shape index (κ1) is 17.9. The Balaban J connectivity index is 1.94. The fourth-order valence-corrected chi connectivity index (χ4v) is 3.37. The van der Waals surface area contributed by atoms with Crippen LogP contribution in [-0.4, -0.2) is 44.6 Å². The van der Waals surface area contributed by atoms with Crippen LogP contribution >= 0.6 is 0 Å². The highest BCUT2D eigenvalue weighted by Crippen LogP contribution is 2.19. The average molecular weight is 342 g/mol. The Kier molecular flexibility index (Phi) is 6.12. The standard InChI is InChI=1S/C16H23FN2O3S/c1-23(21,22)18-12-14-7-4-5-11-19(14)16(20)10-9-13-6-2-3-8-15(13)17/h2-3,6,8,14,18H,4-5,7,9-12H2,1H3/t14-/m0/s1. The van der Waals surface area contributed by atoms with Gasteiger partial charge in [0.2, 0.25) is 15.9 Å². The van der Waals surface area contributed by atoms with Gasteiger partial charge in [0.05, 0.1) is 6.26 Å². The molecular weight excluding hydrogens is 319 g/mol. The molecule has 1 heterocycles. The Hall–Kier alpha value is -1.47. The van der Waals surface area contributed by atoms with Gasteiger partial charge in [0.1, 0.15) is 5.82 Å². The first-order chi connectivity index (χ1) is 10.9. The molecule has 1 aliphatic rings. The Morgan fingerprint density at radius 3 is 2.78 bits per heavy atom. The number of sulfonamides is 1. The van der Waals surface area contributed by atoms with E-state index in [1.54, 1.807) is 23.1 Å². The minimum Gasteiger partial charge on any atom is -0.338 e. The second-order valence-electron chi connectivity index (χ2n) is 5.95. The Morgan fingerprint density at radius 2 is 2.09 bits per heavy atom. The minimum atomic E-state index is -3.27. The van der Waals surface area contributed by atoms with Crippen LogP contribution in [0.5, 0.6) is 0 Å². The lowest BCUT2D eigenvalue weighted by atomic mass is 10.0. The molecule has 23 heavy (non-hydrogen) atoms. The van der Waals surface area contributed by atoms with Gasteiger partial charge in [-0.3, -0.25) is 4.79 Å². The van der Waals surface area contributed by atoms with Crippen molar-refractivity contribution in [1.82, 2.24) is 9.62 Å². The minimum absolute atomic E-state index is 0.0479. The Morgan fingerprint density at radius 1 is 1.35 bits per heavy atom. The monoisotopic (exact) mass is 342 g/mol. The van der Waals surface area contributed by atoms with Gasteiger partial charge in [-0.1, -0.05) is 18.2 Å². The van der Waals surface area contributed by atoms with Gasteiger partial charge in [-0.05, 0) is 37.3 Å². The van der Waals surface area contributed by atoms with Gasteiger partial charge in [0, 0.05) is 25.6 Å². The highest BCUT2D eigenvalue weighted by atomic mass is 32.2. The van der Waals surface area contributed by atoms with Crippen LogP contribution in [0.4, 0.5) is 4.39 Å². The zero-order valence-electron chi connectivity index (χ0n) is 13.3. The Bertz CT molecular complexity index is 648. The van der Waals surface area contributed by atoms with E-state index in [1.807, 2.05) is 0 Å². The third-order valence-electron chi connectivity index (χ3n) is 4.09. The quantitative estimate of drug-likeness (QED) is 0.855. The predicted octanol–water partition coefficient (Wildman–Crippen LogP) is 1.69. The molecule has 1 amide bonds. The number of hydrogen-bond donors (Lipinski definition) is 1. The molecule has 0 saturated carbocycles. The Labute approximate surface area is 136 Å². The summed E-state index contributed by atoms with van der Waals surface area (Å²) in [6, 6.07) is 6.33. The van der Waals surface area contributed by atoms with Crippen molar-refractivity contribution in [2.24, 2.45) is 0 Å². The van der Waals surface area contributed by atoms with E-state index in [0.717, 1.165) is 25.5 Å². The van der Waals surface area contributed by atoms with E-state index in [2.05, 4.69) is 4.72 Å². The number of amides is 1. The summed E-state index contributed by atoms with van der Waals surface area (Å²) in [7, 11) is -3.27. The fourth-order valence-electron chi connectivity index (χ4n) is 2.88. The molecule has 5 nitrogen and oxygen atoms in total.